The molecule has 0 saturated carbocycles. The fraction of sp³-hybridized carbons (Fsp3) is 0.533. The van der Waals surface area contributed by atoms with Crippen LogP contribution >= 0.6 is 11.6 Å². The zero-order valence-corrected chi connectivity index (χ0v) is 12.9. The molecule has 4 nitrogen and oxygen atoms in total. The van der Waals surface area contributed by atoms with Crippen molar-refractivity contribution in [2.24, 2.45) is 0 Å². The Hall–Kier alpha value is -0.940. The Kier molecular flexibility index (Phi) is 8.46. The van der Waals surface area contributed by atoms with E-state index in [0.29, 0.717) is 36.8 Å². The van der Waals surface area contributed by atoms with Gasteiger partial charge in [-0.15, -0.1) is 0 Å². The van der Waals surface area contributed by atoms with Crippen LogP contribution in [0.1, 0.15) is 16.8 Å². The molecule has 5 heteroatoms. The number of methoxy groups -OCH3 is 2. The number of ether oxygens (including phenoxy) is 2. The monoisotopic (exact) mass is 299 g/mol. The molecule has 0 aromatic heterocycles. The first kappa shape index (κ1) is 17.1. The molecule has 0 bridgehead atoms. The van der Waals surface area contributed by atoms with E-state index in [4.69, 9.17) is 21.1 Å². The Labute approximate surface area is 125 Å². The number of benzene rings is 1. The second kappa shape index (κ2) is 9.88. The number of rotatable bonds is 10. The number of nitrogens with zero attached hydrogens (tertiary/aromatic N) is 1. The highest BCUT2D eigenvalue weighted by Gasteiger charge is 2.12. The topological polar surface area (TPSA) is 38.8 Å². The van der Waals surface area contributed by atoms with Gasteiger partial charge in [-0.05, 0) is 12.1 Å². The first-order valence-electron chi connectivity index (χ1n) is 6.67. The third kappa shape index (κ3) is 6.01. The molecule has 0 amide bonds. The van der Waals surface area contributed by atoms with Gasteiger partial charge in [-0.1, -0.05) is 23.7 Å². The van der Waals surface area contributed by atoms with Crippen molar-refractivity contribution in [1.29, 1.82) is 0 Å². The van der Waals surface area contributed by atoms with Crippen LogP contribution in [0.5, 0.6) is 0 Å². The summed E-state index contributed by atoms with van der Waals surface area (Å²) < 4.78 is 10.1. The summed E-state index contributed by atoms with van der Waals surface area (Å²) in [5.74, 6) is 0.0652. The molecule has 0 aliphatic rings. The molecule has 0 radical (unpaired) electrons. The van der Waals surface area contributed by atoms with E-state index in [-0.39, 0.29) is 5.78 Å². The van der Waals surface area contributed by atoms with Crippen LogP contribution in [0.3, 0.4) is 0 Å². The molecule has 1 aromatic rings. The molecule has 1 rings (SSSR count). The number of hydrogen-bond acceptors (Lipinski definition) is 4. The molecule has 20 heavy (non-hydrogen) atoms. The van der Waals surface area contributed by atoms with Crippen LogP contribution in [0.4, 0.5) is 0 Å². The van der Waals surface area contributed by atoms with Gasteiger partial charge in [0.25, 0.3) is 0 Å². The molecule has 0 saturated heterocycles. The Morgan fingerprint density at radius 3 is 2.25 bits per heavy atom. The molecule has 0 atom stereocenters. The minimum atomic E-state index is 0.0652. The lowest BCUT2D eigenvalue weighted by atomic mass is 10.1. The number of halogens is 1. The molecule has 0 aliphatic carbocycles. The third-order valence-electron chi connectivity index (χ3n) is 3.05. The lowest BCUT2D eigenvalue weighted by Gasteiger charge is -2.21. The Balaban J connectivity index is 2.49. The maximum Gasteiger partial charge on any atom is 0.165 e. The van der Waals surface area contributed by atoms with Crippen LogP contribution in [-0.2, 0) is 9.47 Å². The maximum atomic E-state index is 12.1. The molecular formula is C15H22ClNO3. The summed E-state index contributed by atoms with van der Waals surface area (Å²) in [6.45, 7) is 3.54. The molecule has 0 N–H and O–H groups in total. The second-order valence-corrected chi connectivity index (χ2v) is 4.89. The number of carbonyl (C=O) groups is 1. The van der Waals surface area contributed by atoms with Crippen LogP contribution in [0.25, 0.3) is 0 Å². The predicted molar refractivity (Wildman–Crippen MR) is 80.6 cm³/mol. The standard InChI is InChI=1S/C15H22ClNO3/c1-19-11-9-17(10-12-20-2)8-7-15(18)13-5-3-4-6-14(13)16/h3-6H,7-12H2,1-2H3. The molecule has 0 unspecified atom stereocenters. The van der Waals surface area contributed by atoms with Gasteiger partial charge in [-0.2, -0.15) is 0 Å². The highest BCUT2D eigenvalue weighted by atomic mass is 35.5. The molecule has 0 aliphatic heterocycles. The van der Waals surface area contributed by atoms with Crippen LogP contribution in [0.2, 0.25) is 5.02 Å². The van der Waals surface area contributed by atoms with Crippen LogP contribution in [-0.4, -0.2) is 57.8 Å². The SMILES string of the molecule is COCCN(CCOC)CCC(=O)c1ccccc1Cl. The molecule has 1 aromatic carbocycles. The van der Waals surface area contributed by atoms with Gasteiger partial charge in [0.1, 0.15) is 0 Å². The van der Waals surface area contributed by atoms with E-state index in [0.717, 1.165) is 13.1 Å². The quantitative estimate of drug-likeness (QED) is 0.622. The van der Waals surface area contributed by atoms with Gasteiger partial charge < -0.3 is 9.47 Å². The van der Waals surface area contributed by atoms with Crippen molar-refractivity contribution in [1.82, 2.24) is 4.90 Å². The summed E-state index contributed by atoms with van der Waals surface area (Å²) in [5.41, 5.74) is 0.590. The van der Waals surface area contributed by atoms with E-state index in [1.807, 2.05) is 12.1 Å². The Morgan fingerprint density at radius 1 is 1.10 bits per heavy atom. The van der Waals surface area contributed by atoms with Crippen LogP contribution in [0, 0.1) is 0 Å². The molecule has 0 heterocycles. The van der Waals surface area contributed by atoms with E-state index in [1.54, 1.807) is 26.4 Å². The Bertz CT molecular complexity index is 404. The smallest absolute Gasteiger partial charge is 0.165 e. The van der Waals surface area contributed by atoms with Gasteiger partial charge in [0.05, 0.1) is 18.2 Å². The van der Waals surface area contributed by atoms with Gasteiger partial charge in [0, 0.05) is 45.8 Å². The average molecular weight is 300 g/mol. The van der Waals surface area contributed by atoms with Gasteiger partial charge in [0.2, 0.25) is 0 Å². The van der Waals surface area contributed by atoms with Crippen molar-refractivity contribution >= 4 is 17.4 Å². The van der Waals surface area contributed by atoms with Crippen molar-refractivity contribution in [3.63, 3.8) is 0 Å². The first-order valence-corrected chi connectivity index (χ1v) is 7.04. The van der Waals surface area contributed by atoms with Crippen molar-refractivity contribution in [2.75, 3.05) is 47.1 Å². The van der Waals surface area contributed by atoms with Gasteiger partial charge in [-0.3, -0.25) is 9.69 Å². The molecule has 0 fully saturated rings. The lowest BCUT2D eigenvalue weighted by Crippen LogP contribution is -2.32. The lowest BCUT2D eigenvalue weighted by molar-refractivity contribution is 0.0911. The van der Waals surface area contributed by atoms with Crippen molar-refractivity contribution < 1.29 is 14.3 Å². The first-order chi connectivity index (χ1) is 9.69. The second-order valence-electron chi connectivity index (χ2n) is 4.48. The van der Waals surface area contributed by atoms with Crippen molar-refractivity contribution in [2.45, 2.75) is 6.42 Å². The summed E-state index contributed by atoms with van der Waals surface area (Å²) >= 11 is 6.03. The van der Waals surface area contributed by atoms with Gasteiger partial charge >= 0.3 is 0 Å². The average Bonchev–Trinajstić information content (AvgIpc) is 2.46. The maximum absolute atomic E-state index is 12.1. The zero-order valence-electron chi connectivity index (χ0n) is 12.1. The minimum absolute atomic E-state index is 0.0652. The zero-order chi connectivity index (χ0) is 14.8. The normalized spacial score (nSPS) is 11.0. The molecule has 112 valence electrons. The minimum Gasteiger partial charge on any atom is -0.383 e. The summed E-state index contributed by atoms with van der Waals surface area (Å²) in [7, 11) is 3.34. The molecular weight excluding hydrogens is 278 g/mol. The number of hydrogen-bond donors (Lipinski definition) is 0. The van der Waals surface area contributed by atoms with Crippen LogP contribution < -0.4 is 0 Å². The van der Waals surface area contributed by atoms with Gasteiger partial charge in [-0.25, -0.2) is 0 Å². The number of Topliss-reactive ketones (excluding diaryl/α,β-unsaturated/α-hetero) is 1. The van der Waals surface area contributed by atoms with Crippen LogP contribution in [0.15, 0.2) is 24.3 Å². The highest BCUT2D eigenvalue weighted by molar-refractivity contribution is 6.33. The van der Waals surface area contributed by atoms with E-state index in [9.17, 15) is 4.79 Å². The fourth-order valence-electron chi connectivity index (χ4n) is 1.86. The van der Waals surface area contributed by atoms with Gasteiger partial charge in [0.15, 0.2) is 5.78 Å². The van der Waals surface area contributed by atoms with Crippen molar-refractivity contribution in [3.8, 4) is 0 Å². The largest absolute Gasteiger partial charge is 0.383 e. The summed E-state index contributed by atoms with van der Waals surface area (Å²) in [6, 6.07) is 7.15. The summed E-state index contributed by atoms with van der Waals surface area (Å²) in [5, 5.41) is 0.512. The Morgan fingerprint density at radius 2 is 1.70 bits per heavy atom. The van der Waals surface area contributed by atoms with E-state index in [1.165, 1.54) is 0 Å². The predicted octanol–water partition coefficient (Wildman–Crippen LogP) is 2.51. The number of carbonyl (C=O) groups excluding carboxylic acids is 1. The van der Waals surface area contributed by atoms with Crippen molar-refractivity contribution in [3.05, 3.63) is 34.9 Å². The molecule has 0 spiro atoms. The fourth-order valence-corrected chi connectivity index (χ4v) is 2.10. The van der Waals surface area contributed by atoms with E-state index >= 15 is 0 Å². The third-order valence-corrected chi connectivity index (χ3v) is 3.38. The summed E-state index contributed by atoms with van der Waals surface area (Å²) in [4.78, 5) is 14.3. The number of ketones is 1. The summed E-state index contributed by atoms with van der Waals surface area (Å²) in [6.07, 6.45) is 0.442. The van der Waals surface area contributed by atoms with E-state index in [2.05, 4.69) is 4.90 Å². The highest BCUT2D eigenvalue weighted by Crippen LogP contribution is 2.16. The van der Waals surface area contributed by atoms with E-state index < -0.39 is 0 Å².